The molecule has 0 aliphatic rings. The summed E-state index contributed by atoms with van der Waals surface area (Å²) in [6, 6.07) is 4.93. The van der Waals surface area contributed by atoms with Gasteiger partial charge in [-0.1, -0.05) is 49.9 Å². The maximum Gasteiger partial charge on any atom is 0.179 e. The maximum atomic E-state index is 12.4. The van der Waals surface area contributed by atoms with E-state index in [1.807, 2.05) is 0 Å². The van der Waals surface area contributed by atoms with Crippen LogP contribution in [0.15, 0.2) is 18.2 Å². The number of unbranched alkanes of at least 4 members (excludes halogenated alkanes) is 1. The molecular weight excluding hydrogens is 317 g/mol. The van der Waals surface area contributed by atoms with E-state index in [1.54, 1.807) is 18.2 Å². The molecule has 114 valence electrons. The standard InChI is InChI=1S/C15H21Cl2NO.ClH/c1-3-5-9-18-14(6-4-2)15(19)11-7-8-12(16)13(17)10-11;/h7-8,10,14,18H,3-6,9H2,1-2H3;1H. The maximum absolute atomic E-state index is 12.4. The molecule has 1 aromatic rings. The predicted octanol–water partition coefficient (Wildman–Crippen LogP) is 5.16. The number of carbonyl (C=O) groups excluding carboxylic acids is 1. The first-order valence-electron chi connectivity index (χ1n) is 6.82. The molecule has 1 N–H and O–H groups in total. The van der Waals surface area contributed by atoms with Crippen molar-refractivity contribution < 1.29 is 4.79 Å². The van der Waals surface area contributed by atoms with Crippen molar-refractivity contribution in [2.75, 3.05) is 6.54 Å². The van der Waals surface area contributed by atoms with Crippen molar-refractivity contribution in [3.63, 3.8) is 0 Å². The smallest absolute Gasteiger partial charge is 0.179 e. The van der Waals surface area contributed by atoms with Crippen LogP contribution in [0.5, 0.6) is 0 Å². The summed E-state index contributed by atoms with van der Waals surface area (Å²) in [6.45, 7) is 5.09. The molecule has 1 unspecified atom stereocenters. The van der Waals surface area contributed by atoms with Crippen molar-refractivity contribution in [1.82, 2.24) is 5.32 Å². The predicted molar refractivity (Wildman–Crippen MR) is 89.6 cm³/mol. The van der Waals surface area contributed by atoms with Crippen LogP contribution in [-0.4, -0.2) is 18.4 Å². The minimum Gasteiger partial charge on any atom is -0.307 e. The van der Waals surface area contributed by atoms with Crippen molar-refractivity contribution in [2.24, 2.45) is 0 Å². The third-order valence-electron chi connectivity index (χ3n) is 3.02. The van der Waals surface area contributed by atoms with Crippen molar-refractivity contribution in [2.45, 2.75) is 45.6 Å². The van der Waals surface area contributed by atoms with Gasteiger partial charge < -0.3 is 5.32 Å². The molecule has 0 spiro atoms. The zero-order valence-electron chi connectivity index (χ0n) is 11.9. The largest absolute Gasteiger partial charge is 0.307 e. The van der Waals surface area contributed by atoms with Crippen LogP contribution in [0.3, 0.4) is 0 Å². The number of Topliss-reactive ketones (excluding diaryl/α,β-unsaturated/α-hetero) is 1. The van der Waals surface area contributed by atoms with E-state index in [0.717, 1.165) is 32.2 Å². The van der Waals surface area contributed by atoms with Crippen molar-refractivity contribution in [3.8, 4) is 0 Å². The molecule has 0 aliphatic carbocycles. The lowest BCUT2D eigenvalue weighted by Crippen LogP contribution is -2.37. The average Bonchev–Trinajstić information content (AvgIpc) is 2.40. The molecule has 0 saturated heterocycles. The highest BCUT2D eigenvalue weighted by Gasteiger charge is 2.19. The molecule has 0 saturated carbocycles. The van der Waals surface area contributed by atoms with E-state index in [0.29, 0.717) is 15.6 Å². The fourth-order valence-electron chi connectivity index (χ4n) is 1.92. The van der Waals surface area contributed by atoms with Gasteiger partial charge in [0.15, 0.2) is 5.78 Å². The monoisotopic (exact) mass is 337 g/mol. The highest BCUT2D eigenvalue weighted by molar-refractivity contribution is 6.42. The highest BCUT2D eigenvalue weighted by atomic mass is 35.5. The minimum atomic E-state index is -0.131. The molecule has 1 atom stereocenters. The molecule has 20 heavy (non-hydrogen) atoms. The molecular formula is C15H22Cl3NO. The van der Waals surface area contributed by atoms with E-state index in [-0.39, 0.29) is 24.2 Å². The SMILES string of the molecule is CCCCNC(CCC)C(=O)c1ccc(Cl)c(Cl)c1.Cl. The number of hydrogen-bond donors (Lipinski definition) is 1. The van der Waals surface area contributed by atoms with Gasteiger partial charge in [-0.15, -0.1) is 12.4 Å². The van der Waals surface area contributed by atoms with E-state index >= 15 is 0 Å². The summed E-state index contributed by atoms with van der Waals surface area (Å²) in [6.07, 6.45) is 4.00. The zero-order chi connectivity index (χ0) is 14.3. The van der Waals surface area contributed by atoms with Crippen molar-refractivity contribution in [3.05, 3.63) is 33.8 Å². The average molecular weight is 339 g/mol. The second-order valence-electron chi connectivity index (χ2n) is 4.64. The number of nitrogens with one attached hydrogen (secondary N) is 1. The quantitative estimate of drug-likeness (QED) is 0.524. The van der Waals surface area contributed by atoms with Gasteiger partial charge in [-0.3, -0.25) is 4.79 Å². The number of rotatable bonds is 8. The Bertz CT molecular complexity index is 424. The molecule has 1 aromatic carbocycles. The summed E-state index contributed by atoms with van der Waals surface area (Å²) in [4.78, 5) is 12.4. The van der Waals surface area contributed by atoms with Gasteiger partial charge in [0.2, 0.25) is 0 Å². The molecule has 1 rings (SSSR count). The molecule has 0 fully saturated rings. The zero-order valence-corrected chi connectivity index (χ0v) is 14.2. The van der Waals surface area contributed by atoms with Crippen LogP contribution < -0.4 is 5.32 Å². The lowest BCUT2D eigenvalue weighted by Gasteiger charge is -2.17. The van der Waals surface area contributed by atoms with Gasteiger partial charge in [-0.05, 0) is 37.6 Å². The Kier molecular flexibility index (Phi) is 10.3. The second kappa shape index (κ2) is 10.4. The van der Waals surface area contributed by atoms with Crippen LogP contribution in [-0.2, 0) is 0 Å². The minimum absolute atomic E-state index is 0. The third kappa shape index (κ3) is 6.01. The van der Waals surface area contributed by atoms with Crippen LogP contribution in [0.2, 0.25) is 10.0 Å². The van der Waals surface area contributed by atoms with Gasteiger partial charge in [-0.2, -0.15) is 0 Å². The number of benzene rings is 1. The molecule has 0 aromatic heterocycles. The van der Waals surface area contributed by atoms with Gasteiger partial charge in [0, 0.05) is 5.56 Å². The second-order valence-corrected chi connectivity index (χ2v) is 5.46. The normalized spacial score (nSPS) is 11.8. The molecule has 0 bridgehead atoms. The molecule has 0 amide bonds. The van der Waals surface area contributed by atoms with Crippen molar-refractivity contribution >= 4 is 41.4 Å². The van der Waals surface area contributed by atoms with Crippen LogP contribution in [0.1, 0.15) is 49.9 Å². The van der Waals surface area contributed by atoms with Crippen LogP contribution in [0, 0.1) is 0 Å². The highest BCUT2D eigenvalue weighted by Crippen LogP contribution is 2.23. The lowest BCUT2D eigenvalue weighted by molar-refractivity contribution is 0.0937. The van der Waals surface area contributed by atoms with Crippen molar-refractivity contribution in [1.29, 1.82) is 0 Å². The fraction of sp³-hybridized carbons (Fsp3) is 0.533. The summed E-state index contributed by atoms with van der Waals surface area (Å²) < 4.78 is 0. The Morgan fingerprint density at radius 1 is 1.20 bits per heavy atom. The third-order valence-corrected chi connectivity index (χ3v) is 3.76. The van der Waals surface area contributed by atoms with Crippen LogP contribution in [0.4, 0.5) is 0 Å². The van der Waals surface area contributed by atoms with Crippen LogP contribution >= 0.6 is 35.6 Å². The van der Waals surface area contributed by atoms with E-state index < -0.39 is 0 Å². The number of hydrogen-bond acceptors (Lipinski definition) is 2. The van der Waals surface area contributed by atoms with Gasteiger partial charge in [-0.25, -0.2) is 0 Å². The fourth-order valence-corrected chi connectivity index (χ4v) is 2.22. The lowest BCUT2D eigenvalue weighted by atomic mass is 10.0. The number of carbonyl (C=O) groups is 1. The summed E-state index contributed by atoms with van der Waals surface area (Å²) in [5.74, 6) is 0.0940. The van der Waals surface area contributed by atoms with Crippen LogP contribution in [0.25, 0.3) is 0 Å². The summed E-state index contributed by atoms with van der Waals surface area (Å²) in [5, 5.41) is 4.23. The Labute approximate surface area is 137 Å². The van der Waals surface area contributed by atoms with E-state index in [9.17, 15) is 4.79 Å². The first kappa shape index (κ1) is 19.7. The van der Waals surface area contributed by atoms with Gasteiger partial charge >= 0.3 is 0 Å². The first-order chi connectivity index (χ1) is 9.10. The molecule has 0 radical (unpaired) electrons. The molecule has 0 aliphatic heterocycles. The Morgan fingerprint density at radius 3 is 2.45 bits per heavy atom. The first-order valence-corrected chi connectivity index (χ1v) is 7.58. The van der Waals surface area contributed by atoms with E-state index in [1.165, 1.54) is 0 Å². The molecule has 0 heterocycles. The van der Waals surface area contributed by atoms with Gasteiger partial charge in [0.1, 0.15) is 0 Å². The Morgan fingerprint density at radius 2 is 1.90 bits per heavy atom. The topological polar surface area (TPSA) is 29.1 Å². The summed E-state index contributed by atoms with van der Waals surface area (Å²) >= 11 is 11.8. The Balaban J connectivity index is 0.00000361. The van der Waals surface area contributed by atoms with Gasteiger partial charge in [0.25, 0.3) is 0 Å². The Hall–Kier alpha value is -0.280. The molecule has 5 heteroatoms. The van der Waals surface area contributed by atoms with E-state index in [4.69, 9.17) is 23.2 Å². The van der Waals surface area contributed by atoms with Gasteiger partial charge in [0.05, 0.1) is 16.1 Å². The van der Waals surface area contributed by atoms with E-state index in [2.05, 4.69) is 19.2 Å². The number of halogens is 3. The summed E-state index contributed by atoms with van der Waals surface area (Å²) in [7, 11) is 0. The number of ketones is 1. The summed E-state index contributed by atoms with van der Waals surface area (Å²) in [5.41, 5.74) is 0.622. The molecule has 2 nitrogen and oxygen atoms in total.